The van der Waals surface area contributed by atoms with Crippen LogP contribution >= 0.6 is 0 Å². The number of morpholine rings is 1. The fourth-order valence-corrected chi connectivity index (χ4v) is 5.37. The first-order chi connectivity index (χ1) is 17.8. The number of sulfone groups is 1. The number of likely N-dealkylation sites (tertiary alicyclic amines) is 1. The third-order valence-corrected chi connectivity index (χ3v) is 7.88. The third-order valence-electron chi connectivity index (χ3n) is 6.77. The number of ketones is 1. The number of anilines is 1. The molecular weight excluding hydrogens is 490 g/mol. The van der Waals surface area contributed by atoms with Gasteiger partial charge in [-0.25, -0.2) is 13.4 Å². The number of carbonyl (C=O) groups excluding carboxylic acids is 2. The number of allylic oxidation sites excluding steroid dienone is 1. The average molecular weight is 520 g/mol. The highest BCUT2D eigenvalue weighted by molar-refractivity contribution is 7.90. The monoisotopic (exact) mass is 519 g/mol. The number of hydrogen-bond donors (Lipinski definition) is 0. The van der Waals surface area contributed by atoms with Gasteiger partial charge < -0.3 is 14.5 Å². The largest absolute Gasteiger partial charge is 0.378 e. The molecule has 0 aliphatic carbocycles. The second kappa shape index (κ2) is 10.4. The molecule has 2 aliphatic heterocycles. The summed E-state index contributed by atoms with van der Waals surface area (Å²) in [6.07, 6.45) is 6.39. The molecule has 2 aliphatic rings. The second-order valence-electron chi connectivity index (χ2n) is 9.39. The lowest BCUT2D eigenvalue weighted by Gasteiger charge is -2.30. The van der Waals surface area contributed by atoms with Gasteiger partial charge in [0, 0.05) is 54.6 Å². The minimum absolute atomic E-state index is 0.00192. The number of rotatable bonds is 6. The first-order valence-corrected chi connectivity index (χ1v) is 14.3. The zero-order chi connectivity index (χ0) is 26.0. The van der Waals surface area contributed by atoms with Gasteiger partial charge in [-0.05, 0) is 61.4 Å². The van der Waals surface area contributed by atoms with Gasteiger partial charge in [0.05, 0.1) is 29.3 Å². The highest BCUT2D eigenvalue weighted by Crippen LogP contribution is 2.30. The molecule has 0 atom stereocenters. The lowest BCUT2D eigenvalue weighted by atomic mass is 10.1. The maximum absolute atomic E-state index is 12.9. The Morgan fingerprint density at radius 2 is 1.59 bits per heavy atom. The van der Waals surface area contributed by atoms with Crippen molar-refractivity contribution >= 4 is 44.2 Å². The number of amides is 1. The third kappa shape index (κ3) is 5.57. The smallest absolute Gasteiger partial charge is 0.253 e. The molecular formula is C28H29N3O5S. The molecule has 8 nitrogen and oxygen atoms in total. The minimum atomic E-state index is -3.37. The molecule has 0 N–H and O–H groups in total. The standard InChI is InChI=1S/C28H29N3O5S/c1-37(34,35)23-9-10-25-24(19-23)26(30-14-16-36-17-15-30)18-22(29-25)8-11-27(32)20-4-6-21(7-5-20)28(33)31-12-2-3-13-31/h4-11,18-19H,2-3,12-17H2,1H3. The first-order valence-electron chi connectivity index (χ1n) is 12.4. The number of ether oxygens (including phenoxy) is 1. The Morgan fingerprint density at radius 1 is 0.919 bits per heavy atom. The van der Waals surface area contributed by atoms with Crippen LogP contribution in [-0.2, 0) is 14.6 Å². The van der Waals surface area contributed by atoms with E-state index in [0.717, 1.165) is 37.0 Å². The van der Waals surface area contributed by atoms with Crippen LogP contribution in [-0.4, -0.2) is 75.6 Å². The van der Waals surface area contributed by atoms with Crippen LogP contribution in [0.1, 0.15) is 39.3 Å². The Hall–Kier alpha value is -3.56. The first kappa shape index (κ1) is 25.1. The van der Waals surface area contributed by atoms with Crippen LogP contribution in [0.2, 0.25) is 0 Å². The van der Waals surface area contributed by atoms with Gasteiger partial charge in [0.2, 0.25) is 0 Å². The van der Waals surface area contributed by atoms with Crippen LogP contribution in [0.15, 0.2) is 59.5 Å². The van der Waals surface area contributed by atoms with Gasteiger partial charge in [-0.2, -0.15) is 0 Å². The topological polar surface area (TPSA) is 96.9 Å². The molecule has 1 aromatic heterocycles. The van der Waals surface area contributed by atoms with E-state index in [1.807, 2.05) is 11.0 Å². The summed E-state index contributed by atoms with van der Waals surface area (Å²) in [6, 6.07) is 13.5. The van der Waals surface area contributed by atoms with Crippen molar-refractivity contribution in [1.82, 2.24) is 9.88 Å². The summed E-state index contributed by atoms with van der Waals surface area (Å²) < 4.78 is 29.8. The van der Waals surface area contributed by atoms with Crippen LogP contribution < -0.4 is 4.90 Å². The molecule has 5 rings (SSSR count). The Balaban J connectivity index is 1.41. The average Bonchev–Trinajstić information content (AvgIpc) is 3.46. The Kier molecular flexibility index (Phi) is 7.08. The molecule has 0 unspecified atom stereocenters. The number of nitrogens with zero attached hydrogens (tertiary/aromatic N) is 3. The summed E-state index contributed by atoms with van der Waals surface area (Å²) >= 11 is 0. The van der Waals surface area contributed by atoms with Gasteiger partial charge in [-0.15, -0.1) is 0 Å². The van der Waals surface area contributed by atoms with Gasteiger partial charge in [-0.1, -0.05) is 12.1 Å². The number of pyridine rings is 1. The van der Waals surface area contributed by atoms with Crippen LogP contribution in [0.25, 0.3) is 17.0 Å². The van der Waals surface area contributed by atoms with Gasteiger partial charge in [0.25, 0.3) is 5.91 Å². The number of aromatic nitrogens is 1. The Labute approximate surface area is 216 Å². The Morgan fingerprint density at radius 3 is 2.27 bits per heavy atom. The van der Waals surface area contributed by atoms with Crippen molar-refractivity contribution in [3.63, 3.8) is 0 Å². The van der Waals surface area contributed by atoms with Gasteiger partial charge >= 0.3 is 0 Å². The van der Waals surface area contributed by atoms with Gasteiger partial charge in [0.1, 0.15) is 0 Å². The summed E-state index contributed by atoms with van der Waals surface area (Å²) in [4.78, 5) is 34.3. The zero-order valence-corrected chi connectivity index (χ0v) is 21.5. The SMILES string of the molecule is CS(=O)(=O)c1ccc2nc(C=CC(=O)c3ccc(C(=O)N4CCCC4)cc3)cc(N3CCOCC3)c2c1. The molecule has 1 amide bonds. The van der Waals surface area contributed by atoms with E-state index in [0.29, 0.717) is 48.6 Å². The molecule has 0 radical (unpaired) electrons. The number of carbonyl (C=O) groups is 2. The maximum Gasteiger partial charge on any atom is 0.253 e. The second-order valence-corrected chi connectivity index (χ2v) is 11.4. The quantitative estimate of drug-likeness (QED) is 0.363. The van der Waals surface area contributed by atoms with E-state index in [9.17, 15) is 18.0 Å². The highest BCUT2D eigenvalue weighted by Gasteiger charge is 2.20. The summed E-state index contributed by atoms with van der Waals surface area (Å²) in [7, 11) is -3.37. The van der Waals surface area contributed by atoms with Crippen LogP contribution in [0, 0.1) is 0 Å². The molecule has 0 spiro atoms. The summed E-state index contributed by atoms with van der Waals surface area (Å²) in [5.41, 5.74) is 3.17. The summed E-state index contributed by atoms with van der Waals surface area (Å²) in [5, 5.41) is 0.742. The molecule has 9 heteroatoms. The van der Waals surface area contributed by atoms with Crippen molar-refractivity contribution in [2.75, 3.05) is 50.5 Å². The van der Waals surface area contributed by atoms with Crippen LogP contribution in [0.3, 0.4) is 0 Å². The van der Waals surface area contributed by atoms with Crippen molar-refractivity contribution in [1.29, 1.82) is 0 Å². The van der Waals surface area contributed by atoms with E-state index in [1.54, 1.807) is 48.5 Å². The zero-order valence-electron chi connectivity index (χ0n) is 20.7. The van der Waals surface area contributed by atoms with Crippen molar-refractivity contribution in [3.05, 3.63) is 71.4 Å². The highest BCUT2D eigenvalue weighted by atomic mass is 32.2. The van der Waals surface area contributed by atoms with E-state index in [4.69, 9.17) is 4.74 Å². The van der Waals surface area contributed by atoms with E-state index >= 15 is 0 Å². The van der Waals surface area contributed by atoms with Crippen molar-refractivity contribution in [3.8, 4) is 0 Å². The van der Waals surface area contributed by atoms with Crippen molar-refractivity contribution in [2.24, 2.45) is 0 Å². The predicted octanol–water partition coefficient (Wildman–Crippen LogP) is 3.61. The van der Waals surface area contributed by atoms with Crippen molar-refractivity contribution in [2.45, 2.75) is 17.7 Å². The van der Waals surface area contributed by atoms with E-state index in [1.165, 1.54) is 12.3 Å². The molecule has 3 aromatic rings. The number of fused-ring (bicyclic) bond motifs is 1. The van der Waals surface area contributed by atoms with Crippen LogP contribution in [0.4, 0.5) is 5.69 Å². The van der Waals surface area contributed by atoms with E-state index in [2.05, 4.69) is 9.88 Å². The molecule has 37 heavy (non-hydrogen) atoms. The molecule has 0 saturated carbocycles. The number of benzene rings is 2. The predicted molar refractivity (Wildman–Crippen MR) is 143 cm³/mol. The lowest BCUT2D eigenvalue weighted by molar-refractivity contribution is 0.0792. The van der Waals surface area contributed by atoms with Crippen molar-refractivity contribution < 1.29 is 22.7 Å². The van der Waals surface area contributed by atoms with Gasteiger partial charge in [-0.3, -0.25) is 9.59 Å². The number of hydrogen-bond acceptors (Lipinski definition) is 7. The molecule has 3 heterocycles. The molecule has 192 valence electrons. The normalized spacial score (nSPS) is 16.6. The van der Waals surface area contributed by atoms with Gasteiger partial charge in [0.15, 0.2) is 15.6 Å². The Bertz CT molecular complexity index is 1470. The fraction of sp³-hybridized carbons (Fsp3) is 0.321. The molecule has 2 aromatic carbocycles. The lowest BCUT2D eigenvalue weighted by Crippen LogP contribution is -2.36. The molecule has 0 bridgehead atoms. The minimum Gasteiger partial charge on any atom is -0.378 e. The summed E-state index contributed by atoms with van der Waals surface area (Å²) in [6.45, 7) is 4.07. The fourth-order valence-electron chi connectivity index (χ4n) is 4.73. The molecule has 2 saturated heterocycles. The molecule has 2 fully saturated rings. The van der Waals surface area contributed by atoms with Crippen LogP contribution in [0.5, 0.6) is 0 Å². The van der Waals surface area contributed by atoms with E-state index < -0.39 is 9.84 Å². The van der Waals surface area contributed by atoms with E-state index in [-0.39, 0.29) is 16.6 Å². The maximum atomic E-state index is 12.9. The summed E-state index contributed by atoms with van der Waals surface area (Å²) in [5.74, 6) is -0.190.